The van der Waals surface area contributed by atoms with Crippen LogP contribution in [0.1, 0.15) is 34.9 Å². The van der Waals surface area contributed by atoms with E-state index < -0.39 is 7.40 Å². The van der Waals surface area contributed by atoms with Gasteiger partial charge in [-0.15, -0.1) is 0 Å². The van der Waals surface area contributed by atoms with E-state index in [4.69, 9.17) is 0 Å². The maximum absolute atomic E-state index is 14.5. The summed E-state index contributed by atoms with van der Waals surface area (Å²) in [5.74, 6) is 0. The number of halogens is 2. The monoisotopic (exact) mass is 402 g/mol. The summed E-state index contributed by atoms with van der Waals surface area (Å²) >= 11 is 0. The molecule has 0 amide bonds. The molecule has 2 nitrogen and oxygen atoms in total. The largest absolute Gasteiger partial charge is 0.678 e. The van der Waals surface area contributed by atoms with E-state index in [1.54, 1.807) is 0 Å². The third-order valence-corrected chi connectivity index (χ3v) is 6.08. The molecule has 1 N–H and O–H groups in total. The lowest BCUT2D eigenvalue weighted by Gasteiger charge is -2.11. The minimum absolute atomic E-state index is 0.501. The molecule has 0 aliphatic rings. The molecule has 0 unspecified atom stereocenters. The van der Waals surface area contributed by atoms with Crippen molar-refractivity contribution in [3.63, 3.8) is 0 Å². The van der Waals surface area contributed by atoms with E-state index in [-0.39, 0.29) is 0 Å². The summed E-state index contributed by atoms with van der Waals surface area (Å²) in [6, 6.07) is 13.5. The van der Waals surface area contributed by atoms with Crippen LogP contribution in [0.5, 0.6) is 0 Å². The highest BCUT2D eigenvalue weighted by atomic mass is 19.2. The molecule has 0 fully saturated rings. The summed E-state index contributed by atoms with van der Waals surface area (Å²) in [7, 11) is -2.67. The quantitative estimate of drug-likeness (QED) is 0.457. The molecule has 0 aliphatic heterocycles. The summed E-state index contributed by atoms with van der Waals surface area (Å²) in [5.41, 5.74) is 6.26. The Hall–Kier alpha value is -3.08. The Bertz CT molecular complexity index is 1360. The van der Waals surface area contributed by atoms with Gasteiger partial charge in [-0.05, 0) is 67.2 Å². The van der Waals surface area contributed by atoms with Gasteiger partial charge >= 0.3 is 7.40 Å². The topological polar surface area (TPSA) is 20.7 Å². The lowest BCUT2D eigenvalue weighted by Crippen LogP contribution is -2.18. The maximum Gasteiger partial charge on any atom is 0.678 e. The van der Waals surface area contributed by atoms with Crippen molar-refractivity contribution in [2.75, 3.05) is 0 Å². The standard InChI is InChI=1S/C25H25BF2N2/c1-6-20-17(4)23(29-18(20)5)14-24-21-9-7-8-10-22(21)25(30(24)26(27)28)19-12-11-15(2)16(3)13-19/h7-14,29H,5-6H2,1-4H3. The average molecular weight is 402 g/mol. The smallest absolute Gasteiger partial charge is 0.355 e. The molecular formula is C25H25BF2N2. The Morgan fingerprint density at radius 3 is 2.33 bits per heavy atom. The van der Waals surface area contributed by atoms with Crippen LogP contribution < -0.4 is 10.7 Å². The van der Waals surface area contributed by atoms with E-state index in [0.29, 0.717) is 11.4 Å². The number of fused-ring (bicyclic) bond motifs is 1. The van der Waals surface area contributed by atoms with Crippen molar-refractivity contribution in [2.45, 2.75) is 34.1 Å². The number of rotatable bonds is 4. The number of benzene rings is 2. The fraction of sp³-hybridized carbons (Fsp3) is 0.200. The van der Waals surface area contributed by atoms with Gasteiger partial charge in [-0.1, -0.05) is 49.9 Å². The second kappa shape index (κ2) is 7.64. The highest BCUT2D eigenvalue weighted by Crippen LogP contribution is 2.36. The first kappa shape index (κ1) is 20.2. The normalized spacial score (nSPS) is 12.1. The molecule has 152 valence electrons. The fourth-order valence-corrected chi connectivity index (χ4v) is 4.31. The molecule has 0 atom stereocenters. The van der Waals surface area contributed by atoms with Crippen LogP contribution in [0.4, 0.5) is 8.63 Å². The maximum atomic E-state index is 14.5. The number of nitrogens with zero attached hydrogens (tertiary/aromatic N) is 1. The van der Waals surface area contributed by atoms with E-state index >= 15 is 0 Å². The Morgan fingerprint density at radius 1 is 1.03 bits per heavy atom. The number of hydrogen-bond donors (Lipinski definition) is 1. The summed E-state index contributed by atoms with van der Waals surface area (Å²) < 4.78 is 30.1. The van der Waals surface area contributed by atoms with Gasteiger partial charge in [0.2, 0.25) is 0 Å². The van der Waals surface area contributed by atoms with Crippen LogP contribution in [0, 0.1) is 20.8 Å². The van der Waals surface area contributed by atoms with Crippen molar-refractivity contribution >= 4 is 30.8 Å². The number of aromatic nitrogens is 2. The van der Waals surface area contributed by atoms with Crippen molar-refractivity contribution in [3.8, 4) is 11.3 Å². The van der Waals surface area contributed by atoms with E-state index in [1.165, 1.54) is 0 Å². The second-order valence-electron chi connectivity index (χ2n) is 7.84. The van der Waals surface area contributed by atoms with Crippen molar-refractivity contribution < 1.29 is 8.63 Å². The van der Waals surface area contributed by atoms with Gasteiger partial charge < -0.3 is 9.46 Å². The first-order valence-electron chi connectivity index (χ1n) is 10.2. The molecule has 2 aromatic carbocycles. The number of H-pyrrole nitrogens is 1. The third-order valence-electron chi connectivity index (χ3n) is 6.08. The van der Waals surface area contributed by atoms with E-state index in [0.717, 1.165) is 60.2 Å². The van der Waals surface area contributed by atoms with Crippen LogP contribution in [0.3, 0.4) is 0 Å². The highest BCUT2D eigenvalue weighted by Gasteiger charge is 2.27. The first-order chi connectivity index (χ1) is 14.3. The molecule has 0 radical (unpaired) electrons. The van der Waals surface area contributed by atoms with Gasteiger partial charge in [0.25, 0.3) is 0 Å². The minimum Gasteiger partial charge on any atom is -0.355 e. The lowest BCUT2D eigenvalue weighted by atomic mass is 10.0. The van der Waals surface area contributed by atoms with Crippen molar-refractivity contribution in [1.29, 1.82) is 0 Å². The van der Waals surface area contributed by atoms with Crippen LogP contribution in [0.2, 0.25) is 0 Å². The van der Waals surface area contributed by atoms with Gasteiger partial charge in [0, 0.05) is 32.9 Å². The average Bonchev–Trinajstić information content (AvgIpc) is 3.18. The molecule has 0 bridgehead atoms. The molecule has 5 heteroatoms. The predicted octanol–water partition coefficient (Wildman–Crippen LogP) is 5.14. The first-order valence-corrected chi connectivity index (χ1v) is 10.2. The summed E-state index contributed by atoms with van der Waals surface area (Å²) in [4.78, 5) is 3.28. The van der Waals surface area contributed by atoms with Crippen molar-refractivity contribution in [2.24, 2.45) is 0 Å². The minimum atomic E-state index is -2.67. The van der Waals surface area contributed by atoms with E-state index in [2.05, 4.69) is 18.5 Å². The van der Waals surface area contributed by atoms with Gasteiger partial charge in [-0.3, -0.25) is 8.63 Å². The highest BCUT2D eigenvalue weighted by molar-refractivity contribution is 6.43. The van der Waals surface area contributed by atoms with E-state index in [1.807, 2.05) is 69.3 Å². The van der Waals surface area contributed by atoms with Crippen LogP contribution in [0.15, 0.2) is 42.5 Å². The summed E-state index contributed by atoms with van der Waals surface area (Å²) in [6.07, 6.45) is 2.68. The summed E-state index contributed by atoms with van der Waals surface area (Å²) in [6.45, 7) is 12.2. The van der Waals surface area contributed by atoms with Gasteiger partial charge in [-0.2, -0.15) is 0 Å². The molecule has 0 saturated carbocycles. The molecule has 2 aromatic heterocycles. The zero-order valence-electron chi connectivity index (χ0n) is 17.8. The van der Waals surface area contributed by atoms with Crippen LogP contribution >= 0.6 is 0 Å². The van der Waals surface area contributed by atoms with Gasteiger partial charge in [-0.25, -0.2) is 0 Å². The van der Waals surface area contributed by atoms with Gasteiger partial charge in [0.1, 0.15) is 0 Å². The third kappa shape index (κ3) is 3.19. The lowest BCUT2D eigenvalue weighted by molar-refractivity contribution is 0.631. The molecule has 0 aliphatic carbocycles. The number of hydrogen-bond acceptors (Lipinski definition) is 0. The van der Waals surface area contributed by atoms with Crippen LogP contribution in [0.25, 0.3) is 34.7 Å². The zero-order chi connectivity index (χ0) is 21.6. The number of aryl methyl sites for hydroxylation is 2. The Labute approximate surface area is 175 Å². The molecule has 2 heterocycles. The molecule has 0 saturated heterocycles. The predicted molar refractivity (Wildman–Crippen MR) is 123 cm³/mol. The molecule has 4 rings (SSSR count). The summed E-state index contributed by atoms with van der Waals surface area (Å²) in [5, 5.41) is 3.30. The number of aromatic amines is 1. The van der Waals surface area contributed by atoms with Gasteiger partial charge in [0.05, 0.1) is 0 Å². The molecule has 4 aromatic rings. The second-order valence-corrected chi connectivity index (χ2v) is 7.84. The molecular weight excluding hydrogens is 377 g/mol. The van der Waals surface area contributed by atoms with Crippen molar-refractivity contribution in [3.05, 3.63) is 81.1 Å². The Kier molecular flexibility index (Phi) is 5.14. The SMILES string of the molecule is C=c1[nH]c(=Cc2c3ccccc3c(-c3ccc(C)c(C)c3)n2B(F)F)c(C)c1CC. The van der Waals surface area contributed by atoms with Gasteiger partial charge in [0.15, 0.2) is 0 Å². The molecule has 30 heavy (non-hydrogen) atoms. The molecule has 0 spiro atoms. The zero-order valence-corrected chi connectivity index (χ0v) is 17.8. The fourth-order valence-electron chi connectivity index (χ4n) is 4.31. The van der Waals surface area contributed by atoms with E-state index in [9.17, 15) is 8.63 Å². The Balaban J connectivity index is 2.11. The van der Waals surface area contributed by atoms with Crippen molar-refractivity contribution in [1.82, 2.24) is 9.46 Å². The van der Waals surface area contributed by atoms with Crippen LogP contribution in [-0.4, -0.2) is 16.9 Å². The Morgan fingerprint density at radius 2 is 1.73 bits per heavy atom. The number of nitrogens with one attached hydrogen (secondary N) is 1. The van der Waals surface area contributed by atoms with Crippen LogP contribution in [-0.2, 0) is 6.42 Å².